The third-order valence-corrected chi connectivity index (χ3v) is 8.27. The molecule has 1 saturated heterocycles. The van der Waals surface area contributed by atoms with E-state index in [4.69, 9.17) is 23.7 Å². The lowest BCUT2D eigenvalue weighted by Gasteiger charge is -2.36. The first kappa shape index (κ1) is 38.1. The van der Waals surface area contributed by atoms with Gasteiger partial charge < -0.3 is 59.1 Å². The number of benzene rings is 2. The van der Waals surface area contributed by atoms with Gasteiger partial charge in [0.1, 0.15) is 18.3 Å². The van der Waals surface area contributed by atoms with Crippen LogP contribution in [0.3, 0.4) is 0 Å². The average Bonchev–Trinajstić information content (AvgIpc) is 3.11. The Kier molecular flexibility index (Phi) is 13.2. The number of ether oxygens (including phenoxy) is 5. The number of aliphatic hydroxyl groups excluding tert-OH is 4. The second-order valence-electron chi connectivity index (χ2n) is 11.8. The molecule has 6 N–H and O–H groups in total. The number of aliphatic hydroxyl groups is 4. The lowest BCUT2D eigenvalue weighted by Crippen LogP contribution is -2.60. The molecule has 1 aromatic heterocycles. The highest BCUT2D eigenvalue weighted by molar-refractivity contribution is 6.03. The van der Waals surface area contributed by atoms with Crippen molar-refractivity contribution in [1.82, 2.24) is 4.57 Å². The molecule has 1 aliphatic rings. The first-order valence-corrected chi connectivity index (χ1v) is 16.2. The summed E-state index contributed by atoms with van der Waals surface area (Å²) in [5, 5.41) is 53.5. The van der Waals surface area contributed by atoms with Crippen molar-refractivity contribution in [2.75, 3.05) is 26.1 Å². The quantitative estimate of drug-likeness (QED) is 0.0582. The Morgan fingerprint density at radius 1 is 0.920 bits per heavy atom. The van der Waals surface area contributed by atoms with Crippen LogP contribution in [0.4, 0.5) is 5.69 Å². The number of carbonyl (C=O) groups excluding carboxylic acids is 2. The molecule has 5 atom stereocenters. The van der Waals surface area contributed by atoms with Crippen LogP contribution in [-0.2, 0) is 21.4 Å². The van der Waals surface area contributed by atoms with Gasteiger partial charge >= 0.3 is 5.97 Å². The van der Waals surface area contributed by atoms with E-state index in [9.17, 15) is 39.9 Å². The summed E-state index contributed by atoms with van der Waals surface area (Å²) in [5.74, 6) is -2.34. The van der Waals surface area contributed by atoms with E-state index in [-0.39, 0.29) is 28.7 Å². The maximum Gasteiger partial charge on any atom is 0.343 e. The van der Waals surface area contributed by atoms with E-state index in [1.54, 1.807) is 25.2 Å². The van der Waals surface area contributed by atoms with Crippen LogP contribution in [0.2, 0.25) is 0 Å². The Bertz CT molecular complexity index is 1730. The van der Waals surface area contributed by atoms with Crippen LogP contribution in [0.1, 0.15) is 51.0 Å². The molecule has 0 saturated carbocycles. The monoisotopic (exact) mass is 700 g/mol. The second-order valence-corrected chi connectivity index (χ2v) is 11.8. The number of aromatic hydroxyl groups is 1. The molecular weight excluding hydrogens is 656 g/mol. The first-order valence-electron chi connectivity index (χ1n) is 16.2. The maximum absolute atomic E-state index is 13.0. The Morgan fingerprint density at radius 2 is 1.58 bits per heavy atom. The van der Waals surface area contributed by atoms with Crippen LogP contribution in [0, 0.1) is 0 Å². The van der Waals surface area contributed by atoms with Crippen molar-refractivity contribution in [1.29, 1.82) is 0 Å². The molecule has 2 aromatic carbocycles. The highest BCUT2D eigenvalue weighted by Gasteiger charge is 2.47. The van der Waals surface area contributed by atoms with E-state index in [0.717, 1.165) is 32.1 Å². The summed E-state index contributed by atoms with van der Waals surface area (Å²) in [6.45, 7) is 2.47. The first-order chi connectivity index (χ1) is 23.9. The van der Waals surface area contributed by atoms with Crippen molar-refractivity contribution in [3.05, 3.63) is 52.3 Å². The highest BCUT2D eigenvalue weighted by atomic mass is 16.7. The highest BCUT2D eigenvalue weighted by Crippen LogP contribution is 2.40. The molecule has 0 bridgehead atoms. The molecular formula is C35H44N2O13. The number of aryl methyl sites for hydroxylation is 1. The fraction of sp³-hybridized carbons (Fsp3) is 0.457. The maximum atomic E-state index is 13.0. The Labute approximate surface area is 288 Å². The Morgan fingerprint density at radius 3 is 2.24 bits per heavy atom. The number of esters is 1. The molecule has 15 heteroatoms. The number of anilines is 1. The third kappa shape index (κ3) is 8.73. The van der Waals surface area contributed by atoms with Crippen molar-refractivity contribution in [2.24, 2.45) is 7.05 Å². The van der Waals surface area contributed by atoms with Crippen LogP contribution < -0.4 is 29.8 Å². The van der Waals surface area contributed by atoms with Gasteiger partial charge in [0, 0.05) is 24.2 Å². The second kappa shape index (κ2) is 17.3. The molecule has 3 aromatic rings. The Hall–Kier alpha value is -4.67. The summed E-state index contributed by atoms with van der Waals surface area (Å²) >= 11 is 0. The number of pyridine rings is 1. The smallest absolute Gasteiger partial charge is 0.343 e. The predicted molar refractivity (Wildman–Crippen MR) is 181 cm³/mol. The van der Waals surface area contributed by atoms with Crippen LogP contribution in [0.25, 0.3) is 17.0 Å². The van der Waals surface area contributed by atoms with E-state index in [1.165, 1.54) is 49.5 Å². The summed E-state index contributed by atoms with van der Waals surface area (Å²) in [6.07, 6.45) is -0.417. The number of aromatic nitrogens is 1. The zero-order chi connectivity index (χ0) is 36.5. The van der Waals surface area contributed by atoms with Gasteiger partial charge in [-0.15, -0.1) is 0 Å². The summed E-state index contributed by atoms with van der Waals surface area (Å²) in [5.41, 5.74) is 0.635. The lowest BCUT2D eigenvalue weighted by molar-refractivity contribution is -0.279. The van der Waals surface area contributed by atoms with E-state index in [1.807, 2.05) is 0 Å². The number of carbonyl (C=O) groups is 2. The van der Waals surface area contributed by atoms with Crippen LogP contribution in [-0.4, -0.2) is 93.5 Å². The van der Waals surface area contributed by atoms with E-state index in [0.29, 0.717) is 28.8 Å². The van der Waals surface area contributed by atoms with E-state index < -0.39 is 48.1 Å². The normalized spacial score (nSPS) is 20.5. The molecule has 15 nitrogen and oxygen atoms in total. The van der Waals surface area contributed by atoms with Crippen molar-refractivity contribution in [2.45, 2.75) is 76.2 Å². The van der Waals surface area contributed by atoms with Gasteiger partial charge in [-0.2, -0.15) is 0 Å². The summed E-state index contributed by atoms with van der Waals surface area (Å²) in [4.78, 5) is 38.7. The molecule has 4 rings (SSSR count). The third-order valence-electron chi connectivity index (χ3n) is 8.27. The van der Waals surface area contributed by atoms with Gasteiger partial charge in [0.05, 0.1) is 26.3 Å². The van der Waals surface area contributed by atoms with Crippen molar-refractivity contribution >= 4 is 34.5 Å². The SMILES string of the molecule is CCCCCCCCOc1c(O)c2ccc(NC(=O)/C=C/c3cc(OC)c(OC(=O)[C@H]4O[C@H](O)[C@H](O)[C@@H](O)[C@@H]4O)c(OC)c3)cc2n(C)c1=O. The number of amides is 1. The topological polar surface area (TPSA) is 215 Å². The molecule has 0 unspecified atom stereocenters. The van der Waals surface area contributed by atoms with Gasteiger partial charge in [-0.3, -0.25) is 9.59 Å². The number of nitrogens with one attached hydrogen (secondary N) is 1. The molecule has 272 valence electrons. The minimum absolute atomic E-state index is 0.00485. The number of hydrogen-bond donors (Lipinski definition) is 6. The summed E-state index contributed by atoms with van der Waals surface area (Å²) < 4.78 is 28.0. The van der Waals surface area contributed by atoms with E-state index in [2.05, 4.69) is 12.2 Å². The molecule has 0 aliphatic carbocycles. The van der Waals surface area contributed by atoms with Gasteiger partial charge in [0.25, 0.3) is 5.56 Å². The molecule has 0 radical (unpaired) electrons. The number of methoxy groups -OCH3 is 2. The minimum atomic E-state index is -1.95. The van der Waals surface area contributed by atoms with E-state index >= 15 is 0 Å². The zero-order valence-corrected chi connectivity index (χ0v) is 28.3. The molecule has 1 amide bonds. The fourth-order valence-electron chi connectivity index (χ4n) is 5.43. The van der Waals surface area contributed by atoms with Gasteiger partial charge in [-0.25, -0.2) is 4.79 Å². The molecule has 1 aliphatic heterocycles. The minimum Gasteiger partial charge on any atom is -0.504 e. The molecule has 0 spiro atoms. The van der Waals surface area contributed by atoms with Crippen LogP contribution in [0.5, 0.6) is 28.7 Å². The number of rotatable bonds is 15. The van der Waals surface area contributed by atoms with Crippen LogP contribution >= 0.6 is 0 Å². The number of hydrogen-bond acceptors (Lipinski definition) is 13. The lowest BCUT2D eigenvalue weighted by atomic mass is 9.99. The fourth-order valence-corrected chi connectivity index (χ4v) is 5.43. The number of nitrogens with zero attached hydrogens (tertiary/aromatic N) is 1. The van der Waals surface area contributed by atoms with Crippen LogP contribution in [0.15, 0.2) is 41.2 Å². The van der Waals surface area contributed by atoms with Crippen molar-refractivity contribution in [3.63, 3.8) is 0 Å². The number of unbranched alkanes of at least 4 members (excludes halogenated alkanes) is 5. The molecule has 1 fully saturated rings. The van der Waals surface area contributed by atoms with Gasteiger partial charge in [0.15, 0.2) is 29.6 Å². The van der Waals surface area contributed by atoms with Gasteiger partial charge in [0.2, 0.25) is 17.4 Å². The summed E-state index contributed by atoms with van der Waals surface area (Å²) in [6, 6.07) is 7.58. The molecule has 50 heavy (non-hydrogen) atoms. The number of fused-ring (bicyclic) bond motifs is 1. The zero-order valence-electron chi connectivity index (χ0n) is 28.3. The molecule has 2 heterocycles. The summed E-state index contributed by atoms with van der Waals surface area (Å²) in [7, 11) is 4.13. The van der Waals surface area contributed by atoms with Crippen molar-refractivity contribution in [3.8, 4) is 28.7 Å². The predicted octanol–water partition coefficient (Wildman–Crippen LogP) is 2.36. The average molecular weight is 701 g/mol. The largest absolute Gasteiger partial charge is 0.504 e. The van der Waals surface area contributed by atoms with Gasteiger partial charge in [-0.05, 0) is 48.4 Å². The Balaban J connectivity index is 1.45. The standard InChI is InChI=1S/C35H44N2O13/c1-5-6-7-8-9-10-15-48-31-26(39)21-13-12-20(18-22(21)37(2)33(31)43)36-25(38)14-11-19-16-23(46-3)30(24(17-19)47-4)49-35(45)32-28(41)27(40)29(42)34(44)50-32/h11-14,16-18,27-29,32,34,39-42,44H,5-10,15H2,1-4H3,(H,36,38)/b14-11+/t27-,28-,29+,32-,34-/m0/s1. The van der Waals surface area contributed by atoms with Crippen molar-refractivity contribution < 1.29 is 58.8 Å². The van der Waals surface area contributed by atoms with Gasteiger partial charge in [-0.1, -0.05) is 39.0 Å².